The van der Waals surface area contributed by atoms with E-state index in [9.17, 15) is 0 Å². The topological polar surface area (TPSA) is 55.1 Å². The lowest BCUT2D eigenvalue weighted by Gasteiger charge is -2.25. The average molecular weight is 447 g/mol. The van der Waals surface area contributed by atoms with Crippen LogP contribution in [-0.2, 0) is 6.54 Å². The van der Waals surface area contributed by atoms with Crippen molar-refractivity contribution in [3.05, 3.63) is 82.9 Å². The highest BCUT2D eigenvalue weighted by molar-refractivity contribution is 9.10. The first-order valence-electron chi connectivity index (χ1n) is 9.60. The van der Waals surface area contributed by atoms with Crippen molar-refractivity contribution in [3.63, 3.8) is 0 Å². The molecule has 5 nitrogen and oxygen atoms in total. The monoisotopic (exact) mass is 446 g/mol. The van der Waals surface area contributed by atoms with Crippen LogP contribution in [0.3, 0.4) is 0 Å². The van der Waals surface area contributed by atoms with Crippen molar-refractivity contribution in [2.24, 2.45) is 0 Å². The third kappa shape index (κ3) is 3.73. The molecular weight excluding hydrogens is 428 g/mol. The first-order valence-corrected chi connectivity index (χ1v) is 10.4. The summed E-state index contributed by atoms with van der Waals surface area (Å²) in [5.41, 5.74) is 3.50. The van der Waals surface area contributed by atoms with Gasteiger partial charge in [-0.2, -0.15) is 0 Å². The molecule has 0 radical (unpaired) electrons. The van der Waals surface area contributed by atoms with Crippen LogP contribution in [0.5, 0.6) is 0 Å². The van der Waals surface area contributed by atoms with E-state index in [0.29, 0.717) is 18.3 Å². The number of halogens is 1. The van der Waals surface area contributed by atoms with Gasteiger partial charge in [-0.05, 0) is 45.4 Å². The third-order valence-corrected chi connectivity index (χ3v) is 5.93. The van der Waals surface area contributed by atoms with Crippen LogP contribution >= 0.6 is 15.9 Å². The largest absolute Gasteiger partial charge is 0.419 e. The van der Waals surface area contributed by atoms with E-state index < -0.39 is 0 Å². The van der Waals surface area contributed by atoms with Crippen molar-refractivity contribution in [3.8, 4) is 11.5 Å². The van der Waals surface area contributed by atoms with Crippen LogP contribution in [0.4, 0.5) is 0 Å². The molecule has 0 saturated heterocycles. The summed E-state index contributed by atoms with van der Waals surface area (Å²) in [5.74, 6) is 1.18. The Hall–Kier alpha value is -2.83. The summed E-state index contributed by atoms with van der Waals surface area (Å²) in [6, 6.07) is 16.3. The lowest BCUT2D eigenvalue weighted by molar-refractivity contribution is 0.263. The Labute approximate surface area is 177 Å². The van der Waals surface area contributed by atoms with Gasteiger partial charge in [-0.25, -0.2) is 0 Å². The highest BCUT2D eigenvalue weighted by atomic mass is 79.9. The summed E-state index contributed by atoms with van der Waals surface area (Å²) in [6.45, 7) is 2.45. The predicted octanol–water partition coefficient (Wildman–Crippen LogP) is 5.34. The van der Waals surface area contributed by atoms with Crippen LogP contribution in [0.15, 0.2) is 75.9 Å². The third-order valence-electron chi connectivity index (χ3n) is 5.24. The smallest absolute Gasteiger partial charge is 0.248 e. The van der Waals surface area contributed by atoms with Gasteiger partial charge in [0.2, 0.25) is 11.8 Å². The molecule has 0 bridgehead atoms. The predicted molar refractivity (Wildman–Crippen MR) is 117 cm³/mol. The summed E-state index contributed by atoms with van der Waals surface area (Å²) < 4.78 is 6.85. The van der Waals surface area contributed by atoms with Crippen LogP contribution in [0.25, 0.3) is 27.8 Å². The molecule has 0 saturated carbocycles. The Kier molecular flexibility index (Phi) is 4.96. The fraction of sp³-hybridized carbons (Fsp3) is 0.174. The van der Waals surface area contributed by atoms with E-state index in [1.807, 2.05) is 36.7 Å². The molecule has 0 amide bonds. The maximum absolute atomic E-state index is 5.90. The number of nitrogens with zero attached hydrogens (tertiary/aromatic N) is 4. The van der Waals surface area contributed by atoms with Gasteiger partial charge in [0.1, 0.15) is 0 Å². The minimum atomic E-state index is 0.544. The van der Waals surface area contributed by atoms with Gasteiger partial charge in [-0.1, -0.05) is 42.5 Å². The van der Waals surface area contributed by atoms with Crippen LogP contribution in [0.1, 0.15) is 17.9 Å². The van der Waals surface area contributed by atoms with Crippen LogP contribution < -0.4 is 0 Å². The van der Waals surface area contributed by atoms with Gasteiger partial charge in [-0.3, -0.25) is 9.88 Å². The van der Waals surface area contributed by atoms with Gasteiger partial charge in [0, 0.05) is 40.9 Å². The highest BCUT2D eigenvalue weighted by Gasteiger charge is 2.18. The molecule has 4 aromatic rings. The molecule has 0 N–H and O–H groups in total. The molecule has 2 aromatic heterocycles. The molecular formula is C23H19BrN4O. The Morgan fingerprint density at radius 3 is 2.69 bits per heavy atom. The number of hydrogen-bond acceptors (Lipinski definition) is 5. The normalized spacial score (nSPS) is 14.9. The van der Waals surface area contributed by atoms with Gasteiger partial charge < -0.3 is 4.42 Å². The summed E-state index contributed by atoms with van der Waals surface area (Å²) in [6.07, 6.45) is 7.16. The minimum absolute atomic E-state index is 0.544. The zero-order valence-corrected chi connectivity index (χ0v) is 17.3. The number of rotatable bonds is 4. The molecule has 0 atom stereocenters. The zero-order chi connectivity index (χ0) is 19.6. The zero-order valence-electron chi connectivity index (χ0n) is 15.8. The second-order valence-corrected chi connectivity index (χ2v) is 7.96. The summed E-state index contributed by atoms with van der Waals surface area (Å²) >= 11 is 3.54. The lowest BCUT2D eigenvalue weighted by Crippen LogP contribution is -2.28. The molecule has 0 spiro atoms. The van der Waals surface area contributed by atoms with Crippen LogP contribution in [0, 0.1) is 0 Å². The molecule has 0 fully saturated rings. The maximum atomic E-state index is 5.90. The van der Waals surface area contributed by atoms with Gasteiger partial charge in [-0.15, -0.1) is 10.2 Å². The molecule has 3 heterocycles. The van der Waals surface area contributed by atoms with Gasteiger partial charge in [0.05, 0.1) is 12.1 Å². The summed E-state index contributed by atoms with van der Waals surface area (Å²) in [4.78, 5) is 6.74. The fourth-order valence-electron chi connectivity index (χ4n) is 3.72. The molecule has 0 aliphatic carbocycles. The van der Waals surface area contributed by atoms with E-state index in [-0.39, 0.29) is 0 Å². The Balaban J connectivity index is 1.31. The van der Waals surface area contributed by atoms with Crippen molar-refractivity contribution in [2.45, 2.75) is 13.0 Å². The van der Waals surface area contributed by atoms with Crippen molar-refractivity contribution in [2.75, 3.05) is 13.1 Å². The molecule has 1 aliphatic rings. The number of benzene rings is 2. The number of hydrogen-bond donors (Lipinski definition) is 0. The SMILES string of the molecule is Brc1ccccc1-c1nnc(CN2CC=C(c3cncc4ccccc34)CC2)o1. The first kappa shape index (κ1) is 18.2. The Morgan fingerprint density at radius 2 is 1.83 bits per heavy atom. The average Bonchev–Trinajstić information content (AvgIpc) is 3.22. The van der Waals surface area contributed by atoms with Crippen LogP contribution in [0.2, 0.25) is 0 Å². The van der Waals surface area contributed by atoms with E-state index in [2.05, 4.69) is 66.4 Å². The number of aromatic nitrogens is 3. The van der Waals surface area contributed by atoms with Crippen molar-refractivity contribution in [1.82, 2.24) is 20.1 Å². The maximum Gasteiger partial charge on any atom is 0.248 e. The minimum Gasteiger partial charge on any atom is -0.419 e. The molecule has 29 heavy (non-hydrogen) atoms. The standard InChI is InChI=1S/C23H19BrN4O/c24-21-8-4-3-7-19(21)23-27-26-22(29-23)15-28-11-9-16(10-12-28)20-14-25-13-17-5-1-2-6-18(17)20/h1-9,13-14H,10-12,15H2. The second kappa shape index (κ2) is 7.89. The Bertz CT molecular complexity index is 1190. The van der Waals surface area contributed by atoms with Crippen molar-refractivity contribution < 1.29 is 4.42 Å². The number of fused-ring (bicyclic) bond motifs is 1. The van der Waals surface area contributed by atoms with Gasteiger partial charge in [0.25, 0.3) is 0 Å². The second-order valence-electron chi connectivity index (χ2n) is 7.10. The molecule has 6 heteroatoms. The van der Waals surface area contributed by atoms with Crippen molar-refractivity contribution in [1.29, 1.82) is 0 Å². The van der Waals surface area contributed by atoms with Crippen LogP contribution in [-0.4, -0.2) is 33.2 Å². The van der Waals surface area contributed by atoms with Gasteiger partial charge in [0.15, 0.2) is 0 Å². The molecule has 0 unspecified atom stereocenters. The molecule has 1 aliphatic heterocycles. The van der Waals surface area contributed by atoms with E-state index in [1.54, 1.807) is 0 Å². The molecule has 2 aromatic carbocycles. The highest BCUT2D eigenvalue weighted by Crippen LogP contribution is 2.30. The molecule has 144 valence electrons. The fourth-order valence-corrected chi connectivity index (χ4v) is 4.18. The van der Waals surface area contributed by atoms with Gasteiger partial charge >= 0.3 is 0 Å². The summed E-state index contributed by atoms with van der Waals surface area (Å²) in [5, 5.41) is 10.9. The van der Waals surface area contributed by atoms with E-state index in [1.165, 1.54) is 21.9 Å². The van der Waals surface area contributed by atoms with E-state index in [0.717, 1.165) is 29.5 Å². The summed E-state index contributed by atoms with van der Waals surface area (Å²) in [7, 11) is 0. The van der Waals surface area contributed by atoms with Crippen molar-refractivity contribution >= 4 is 32.3 Å². The van der Waals surface area contributed by atoms with E-state index in [4.69, 9.17) is 4.42 Å². The lowest BCUT2D eigenvalue weighted by atomic mass is 9.96. The number of pyridine rings is 1. The Morgan fingerprint density at radius 1 is 0.966 bits per heavy atom. The molecule has 5 rings (SSSR count). The van der Waals surface area contributed by atoms with E-state index >= 15 is 0 Å². The first-order chi connectivity index (χ1) is 14.3. The quantitative estimate of drug-likeness (QED) is 0.423.